The minimum Gasteiger partial charge on any atom is -0.491 e. The molecule has 0 unspecified atom stereocenters. The van der Waals surface area contributed by atoms with Crippen molar-refractivity contribution in [3.8, 4) is 11.4 Å². The molecule has 1 heterocycles. The highest BCUT2D eigenvalue weighted by Crippen LogP contribution is 2.38. The van der Waals surface area contributed by atoms with Crippen LogP contribution in [0.1, 0.15) is 30.9 Å². The van der Waals surface area contributed by atoms with Gasteiger partial charge in [-0.05, 0) is 54.1 Å². The van der Waals surface area contributed by atoms with Gasteiger partial charge in [0.05, 0.1) is 67.2 Å². The number of ether oxygens (including phenoxy) is 1. The summed E-state index contributed by atoms with van der Waals surface area (Å²) in [6, 6.07) is 16.7. The van der Waals surface area contributed by atoms with Crippen LogP contribution in [0, 0.1) is 5.82 Å². The van der Waals surface area contributed by atoms with Crippen LogP contribution in [0.25, 0.3) is 5.69 Å². The van der Waals surface area contributed by atoms with Gasteiger partial charge in [-0.25, -0.2) is 22.5 Å². The predicted octanol–water partition coefficient (Wildman–Crippen LogP) is 6.29. The Morgan fingerprint density at radius 2 is 1.82 bits per heavy atom. The van der Waals surface area contributed by atoms with Gasteiger partial charge >= 0.3 is 0 Å². The Balaban J connectivity index is 1.70. The van der Waals surface area contributed by atoms with Crippen molar-refractivity contribution in [1.29, 1.82) is 0 Å². The Hall–Kier alpha value is -2.64. The maximum Gasteiger partial charge on any atom is 0.240 e. The van der Waals surface area contributed by atoms with E-state index < -0.39 is 21.3 Å². The molecule has 4 aromatic rings. The van der Waals surface area contributed by atoms with Crippen molar-refractivity contribution in [3.63, 3.8) is 0 Å². The summed E-state index contributed by atoms with van der Waals surface area (Å²) >= 11 is 14.2. The molecule has 0 amide bonds. The van der Waals surface area contributed by atoms with E-state index in [0.717, 1.165) is 16.2 Å². The van der Waals surface area contributed by atoms with E-state index in [0.29, 0.717) is 45.6 Å². The zero-order chi connectivity index (χ0) is 33.0. The summed E-state index contributed by atoms with van der Waals surface area (Å²) in [5.41, 5.74) is 1.40. The first-order valence-corrected chi connectivity index (χ1v) is 17.4. The molecular formula is C32H38Cl2FN4O4S2+. The van der Waals surface area contributed by atoms with E-state index in [1.165, 1.54) is 17.8 Å². The number of aliphatic hydroxyl groups excluding tert-OH is 1. The molecule has 0 spiro atoms. The first kappa shape index (κ1) is 35.2. The largest absolute Gasteiger partial charge is 0.491 e. The Morgan fingerprint density at radius 1 is 1.07 bits per heavy atom. The summed E-state index contributed by atoms with van der Waals surface area (Å²) in [4.78, 5) is 5.72. The lowest BCUT2D eigenvalue weighted by atomic mass is 9.81. The first-order valence-electron chi connectivity index (χ1n) is 14.2. The monoisotopic (exact) mass is 695 g/mol. The lowest BCUT2D eigenvalue weighted by molar-refractivity contribution is -0.869. The Bertz CT molecular complexity index is 1760. The van der Waals surface area contributed by atoms with Gasteiger partial charge in [0.1, 0.15) is 24.0 Å². The number of aromatic nitrogens is 2. The van der Waals surface area contributed by atoms with Crippen LogP contribution in [-0.4, -0.2) is 75.0 Å². The third kappa shape index (κ3) is 8.79. The van der Waals surface area contributed by atoms with Crippen molar-refractivity contribution in [2.75, 3.05) is 47.4 Å². The summed E-state index contributed by atoms with van der Waals surface area (Å²) in [6.07, 6.45) is 1.75. The van der Waals surface area contributed by atoms with Crippen LogP contribution in [-0.2, 0) is 21.2 Å². The van der Waals surface area contributed by atoms with Gasteiger partial charge in [-0.1, -0.05) is 49.2 Å². The Labute approximate surface area is 278 Å². The van der Waals surface area contributed by atoms with Crippen molar-refractivity contribution >= 4 is 45.0 Å². The molecule has 0 atom stereocenters. The lowest BCUT2D eigenvalue weighted by Crippen LogP contribution is -2.41. The highest BCUT2D eigenvalue weighted by atomic mass is 35.5. The number of hydrogen-bond donors (Lipinski definition) is 2. The number of benzene rings is 3. The number of rotatable bonds is 14. The zero-order valence-electron chi connectivity index (χ0n) is 25.9. The van der Waals surface area contributed by atoms with Crippen LogP contribution in [0.4, 0.5) is 4.39 Å². The van der Waals surface area contributed by atoms with Crippen LogP contribution in [0.5, 0.6) is 5.75 Å². The van der Waals surface area contributed by atoms with Gasteiger partial charge in [0, 0.05) is 22.2 Å². The molecular weight excluding hydrogens is 658 g/mol. The third-order valence-corrected chi connectivity index (χ3v) is 10.4. The lowest BCUT2D eigenvalue weighted by Gasteiger charge is -2.28. The van der Waals surface area contributed by atoms with Crippen LogP contribution in [0.15, 0.2) is 76.7 Å². The Morgan fingerprint density at radius 3 is 2.49 bits per heavy atom. The second kappa shape index (κ2) is 14.4. The van der Waals surface area contributed by atoms with E-state index in [1.807, 2.05) is 51.7 Å². The maximum atomic E-state index is 14.2. The molecule has 0 aliphatic heterocycles. The number of nitrogens with zero attached hydrogens (tertiary/aromatic N) is 3. The minimum absolute atomic E-state index is 0.0295. The van der Waals surface area contributed by atoms with E-state index in [9.17, 15) is 12.8 Å². The van der Waals surface area contributed by atoms with Crippen molar-refractivity contribution < 1.29 is 27.1 Å². The normalized spacial score (nSPS) is 12.5. The average molecular weight is 697 g/mol. The molecule has 0 aliphatic rings. The number of likely N-dealkylation sites (N-methyl/N-ethyl adjacent to an activating group) is 1. The number of aliphatic hydroxyl groups is 1. The van der Waals surface area contributed by atoms with E-state index in [-0.39, 0.29) is 23.1 Å². The van der Waals surface area contributed by atoms with Gasteiger partial charge in [0.25, 0.3) is 0 Å². The highest BCUT2D eigenvalue weighted by molar-refractivity contribution is 7.98. The van der Waals surface area contributed by atoms with Crippen molar-refractivity contribution in [2.24, 2.45) is 0 Å². The molecule has 0 aliphatic carbocycles. The van der Waals surface area contributed by atoms with Crippen LogP contribution in [0.2, 0.25) is 10.0 Å². The van der Waals surface area contributed by atoms with Crippen LogP contribution >= 0.6 is 35.0 Å². The standard InChI is InChI=1S/C32H38Cl2FN4O4S2/c1-32(2,22-7-6-8-25(17-22)45(41,42)37-13-14-39(3,4)5)30-20-36-31(38(30)23-9-11-28(35)26(33)18-23)21-44-29-12-10-24(19-27(29)34)43-16-15-40/h6-12,17-20,37,40H,13-16,21H2,1-5H3/q+1. The molecule has 0 fully saturated rings. The molecule has 0 saturated heterocycles. The highest BCUT2D eigenvalue weighted by Gasteiger charge is 2.31. The number of hydrogen-bond acceptors (Lipinski definition) is 6. The molecule has 0 saturated carbocycles. The van der Waals surface area contributed by atoms with E-state index in [4.69, 9.17) is 38.0 Å². The molecule has 45 heavy (non-hydrogen) atoms. The smallest absolute Gasteiger partial charge is 0.240 e. The third-order valence-electron chi connectivity index (χ3n) is 7.20. The summed E-state index contributed by atoms with van der Waals surface area (Å²) in [6.45, 7) is 4.98. The van der Waals surface area contributed by atoms with Gasteiger partial charge < -0.3 is 14.3 Å². The molecule has 3 aromatic carbocycles. The zero-order valence-corrected chi connectivity index (χ0v) is 29.0. The van der Waals surface area contributed by atoms with Gasteiger partial charge in [0.2, 0.25) is 10.0 Å². The number of halogens is 3. The van der Waals surface area contributed by atoms with Gasteiger partial charge in [-0.15, -0.1) is 11.8 Å². The van der Waals surface area contributed by atoms with Gasteiger partial charge in [0.15, 0.2) is 0 Å². The molecule has 1 aromatic heterocycles. The summed E-state index contributed by atoms with van der Waals surface area (Å²) in [7, 11) is 2.26. The minimum atomic E-state index is -3.75. The quantitative estimate of drug-likeness (QED) is 0.119. The number of sulfonamides is 1. The fourth-order valence-electron chi connectivity index (χ4n) is 4.64. The van der Waals surface area contributed by atoms with Crippen molar-refractivity contribution in [2.45, 2.75) is 34.8 Å². The maximum absolute atomic E-state index is 14.2. The van der Waals surface area contributed by atoms with Gasteiger partial charge in [-0.2, -0.15) is 0 Å². The number of thioether (sulfide) groups is 1. The number of quaternary nitrogens is 1. The second-order valence-corrected chi connectivity index (χ2v) is 15.6. The van der Waals surface area contributed by atoms with Crippen molar-refractivity contribution in [1.82, 2.24) is 14.3 Å². The second-order valence-electron chi connectivity index (χ2n) is 12.0. The van der Waals surface area contributed by atoms with Gasteiger partial charge in [-0.3, -0.25) is 4.57 Å². The summed E-state index contributed by atoms with van der Waals surface area (Å²) in [5, 5.41) is 9.48. The first-order chi connectivity index (χ1) is 21.1. The molecule has 0 bridgehead atoms. The molecule has 242 valence electrons. The van der Waals surface area contributed by atoms with Crippen LogP contribution < -0.4 is 9.46 Å². The summed E-state index contributed by atoms with van der Waals surface area (Å²) in [5.74, 6) is 1.08. The molecule has 0 radical (unpaired) electrons. The van der Waals surface area contributed by atoms with E-state index in [1.54, 1.807) is 48.7 Å². The predicted molar refractivity (Wildman–Crippen MR) is 179 cm³/mol. The Kier molecular flexibility index (Phi) is 11.3. The topological polar surface area (TPSA) is 93.5 Å². The molecule has 2 N–H and O–H groups in total. The average Bonchev–Trinajstić information content (AvgIpc) is 3.41. The van der Waals surface area contributed by atoms with Crippen LogP contribution in [0.3, 0.4) is 0 Å². The molecule has 8 nitrogen and oxygen atoms in total. The number of nitrogens with one attached hydrogen (secondary N) is 1. The summed E-state index contributed by atoms with van der Waals surface area (Å²) < 4.78 is 51.3. The fraction of sp³-hybridized carbons (Fsp3) is 0.344. The van der Waals surface area contributed by atoms with Crippen molar-refractivity contribution in [3.05, 3.63) is 99.8 Å². The SMILES string of the molecule is CC(C)(c1cccc(S(=O)(=O)NCC[N+](C)(C)C)c1)c1cnc(CSc2ccc(OCCO)cc2Cl)n1-c1ccc(F)c(Cl)c1. The fourth-order valence-corrected chi connectivity index (χ4v) is 7.06. The van der Waals surface area contributed by atoms with E-state index >= 15 is 0 Å². The molecule has 13 heteroatoms. The molecule has 4 rings (SSSR count). The number of imidazole rings is 1. The van der Waals surface area contributed by atoms with E-state index in [2.05, 4.69) is 4.72 Å².